The van der Waals surface area contributed by atoms with E-state index in [0.29, 0.717) is 5.76 Å². The molecule has 20 heavy (non-hydrogen) atoms. The molecule has 1 heterocycles. The maximum Gasteiger partial charge on any atom is 0.417 e. The van der Waals surface area contributed by atoms with Crippen LogP contribution in [0.25, 0.3) is 0 Å². The number of aromatic carboxylic acids is 1. The molecule has 2 aromatic rings. The van der Waals surface area contributed by atoms with Gasteiger partial charge in [-0.05, 0) is 18.2 Å². The average Bonchev–Trinajstić information content (AvgIpc) is 2.88. The van der Waals surface area contributed by atoms with Crippen LogP contribution in [0.3, 0.4) is 0 Å². The maximum absolute atomic E-state index is 12.8. The minimum atomic E-state index is -4.74. The smallest absolute Gasteiger partial charge is 0.417 e. The molecule has 8 heteroatoms. The maximum atomic E-state index is 12.8. The van der Waals surface area contributed by atoms with E-state index in [-0.39, 0.29) is 12.2 Å². The molecule has 0 saturated carbocycles. The Balaban J connectivity index is 2.25. The number of carboxylic acids is 1. The van der Waals surface area contributed by atoms with Crippen LogP contribution in [0.5, 0.6) is 0 Å². The van der Waals surface area contributed by atoms with Crippen LogP contribution in [0.1, 0.15) is 21.7 Å². The van der Waals surface area contributed by atoms with E-state index in [1.165, 1.54) is 12.3 Å². The summed E-state index contributed by atoms with van der Waals surface area (Å²) in [5, 5.41) is 14.9. The summed E-state index contributed by atoms with van der Waals surface area (Å²) in [7, 11) is 0. The van der Waals surface area contributed by atoms with Crippen LogP contribution in [0.4, 0.5) is 18.9 Å². The Morgan fingerprint density at radius 1 is 1.35 bits per heavy atom. The first-order valence-electron chi connectivity index (χ1n) is 5.46. The molecule has 106 valence electrons. The minimum absolute atomic E-state index is 0.138. The molecule has 1 aromatic heterocycles. The number of nitrogens with one attached hydrogen (secondary N) is 1. The third-order valence-electron chi connectivity index (χ3n) is 2.51. The van der Waals surface area contributed by atoms with Gasteiger partial charge in [-0.3, -0.25) is 0 Å². The van der Waals surface area contributed by atoms with Crippen LogP contribution in [-0.2, 0) is 12.7 Å². The van der Waals surface area contributed by atoms with Gasteiger partial charge in [-0.15, -0.1) is 0 Å². The second kappa shape index (κ2) is 5.24. The van der Waals surface area contributed by atoms with E-state index in [9.17, 15) is 18.0 Å². The van der Waals surface area contributed by atoms with Crippen molar-refractivity contribution in [2.75, 3.05) is 5.32 Å². The molecular weight excluding hydrogens is 277 g/mol. The number of hydrogen-bond donors (Lipinski definition) is 2. The van der Waals surface area contributed by atoms with Crippen LogP contribution >= 0.6 is 0 Å². The fourth-order valence-corrected chi connectivity index (χ4v) is 1.60. The standard InChI is InChI=1S/C12H9F3N2O3/c13-12(14,15)10-5-7(1-2-9(10)11(18)19)16-6-8-3-4-17-20-8/h1-5,16H,6H2,(H,18,19). The SMILES string of the molecule is O=C(O)c1ccc(NCc2ccno2)cc1C(F)(F)F. The summed E-state index contributed by atoms with van der Waals surface area (Å²) in [5.74, 6) is -1.18. The zero-order valence-electron chi connectivity index (χ0n) is 9.94. The van der Waals surface area contributed by atoms with Crippen molar-refractivity contribution < 1.29 is 27.6 Å². The van der Waals surface area contributed by atoms with E-state index in [2.05, 4.69) is 10.5 Å². The number of rotatable bonds is 4. The molecule has 2 N–H and O–H groups in total. The molecule has 0 aliphatic heterocycles. The number of carboxylic acid groups (broad SMARTS) is 1. The van der Waals surface area contributed by atoms with Gasteiger partial charge in [0.05, 0.1) is 23.9 Å². The summed E-state index contributed by atoms with van der Waals surface area (Å²) >= 11 is 0. The highest BCUT2D eigenvalue weighted by molar-refractivity contribution is 5.90. The van der Waals surface area contributed by atoms with Gasteiger partial charge in [-0.25, -0.2) is 4.79 Å². The molecule has 2 rings (SSSR count). The summed E-state index contributed by atoms with van der Waals surface area (Å²) in [5.41, 5.74) is -1.85. The van der Waals surface area contributed by atoms with Crippen molar-refractivity contribution in [2.45, 2.75) is 12.7 Å². The van der Waals surface area contributed by atoms with Crippen LogP contribution < -0.4 is 5.32 Å². The van der Waals surface area contributed by atoms with Crippen LogP contribution in [0.15, 0.2) is 35.0 Å². The van der Waals surface area contributed by atoms with Gasteiger partial charge in [-0.2, -0.15) is 13.2 Å². The Labute approximate surface area is 111 Å². The lowest BCUT2D eigenvalue weighted by Crippen LogP contribution is -2.13. The summed E-state index contributed by atoms with van der Waals surface area (Å²) < 4.78 is 43.1. The molecule has 0 atom stereocenters. The first-order chi connectivity index (χ1) is 9.38. The van der Waals surface area contributed by atoms with Gasteiger partial charge in [0, 0.05) is 11.8 Å². The van der Waals surface area contributed by atoms with E-state index in [1.54, 1.807) is 6.07 Å². The third kappa shape index (κ3) is 3.08. The second-order valence-electron chi connectivity index (χ2n) is 3.90. The number of anilines is 1. The first-order valence-corrected chi connectivity index (χ1v) is 5.46. The highest BCUT2D eigenvalue weighted by atomic mass is 19.4. The molecule has 0 radical (unpaired) electrons. The lowest BCUT2D eigenvalue weighted by Gasteiger charge is -2.12. The highest BCUT2D eigenvalue weighted by Crippen LogP contribution is 2.34. The Hall–Kier alpha value is -2.51. The zero-order valence-corrected chi connectivity index (χ0v) is 9.94. The van der Waals surface area contributed by atoms with Gasteiger partial charge in [0.2, 0.25) is 0 Å². The Kier molecular flexibility index (Phi) is 3.64. The molecule has 0 spiro atoms. The first kappa shape index (κ1) is 13.9. The van der Waals surface area contributed by atoms with E-state index < -0.39 is 23.3 Å². The number of halogens is 3. The summed E-state index contributed by atoms with van der Waals surface area (Å²) in [4.78, 5) is 10.8. The second-order valence-corrected chi connectivity index (χ2v) is 3.90. The molecule has 0 aliphatic rings. The van der Waals surface area contributed by atoms with Crippen molar-refractivity contribution in [1.82, 2.24) is 5.16 Å². The van der Waals surface area contributed by atoms with E-state index in [0.717, 1.165) is 12.1 Å². The Bertz CT molecular complexity index is 609. The van der Waals surface area contributed by atoms with Crippen molar-refractivity contribution in [3.05, 3.63) is 47.3 Å². The van der Waals surface area contributed by atoms with Crippen LogP contribution in [0, 0.1) is 0 Å². The van der Waals surface area contributed by atoms with Crippen molar-refractivity contribution >= 4 is 11.7 Å². The fourth-order valence-electron chi connectivity index (χ4n) is 1.60. The fraction of sp³-hybridized carbons (Fsp3) is 0.167. The lowest BCUT2D eigenvalue weighted by molar-refractivity contribution is -0.138. The van der Waals surface area contributed by atoms with Crippen molar-refractivity contribution in [3.63, 3.8) is 0 Å². The number of aromatic nitrogens is 1. The van der Waals surface area contributed by atoms with Gasteiger partial charge in [0.15, 0.2) is 5.76 Å². The van der Waals surface area contributed by atoms with Crippen molar-refractivity contribution in [1.29, 1.82) is 0 Å². The van der Waals surface area contributed by atoms with Gasteiger partial charge in [0.25, 0.3) is 0 Å². The highest BCUT2D eigenvalue weighted by Gasteiger charge is 2.35. The van der Waals surface area contributed by atoms with Gasteiger partial charge in [0.1, 0.15) is 0 Å². The summed E-state index contributed by atoms with van der Waals surface area (Å²) in [6, 6.07) is 4.48. The van der Waals surface area contributed by atoms with Crippen molar-refractivity contribution in [3.8, 4) is 0 Å². The lowest BCUT2D eigenvalue weighted by atomic mass is 10.1. The molecular formula is C12H9F3N2O3. The average molecular weight is 286 g/mol. The molecule has 0 saturated heterocycles. The Morgan fingerprint density at radius 3 is 2.65 bits per heavy atom. The quantitative estimate of drug-likeness (QED) is 0.903. The van der Waals surface area contributed by atoms with Gasteiger partial charge in [-0.1, -0.05) is 5.16 Å². The van der Waals surface area contributed by atoms with E-state index in [4.69, 9.17) is 9.63 Å². The zero-order chi connectivity index (χ0) is 14.8. The third-order valence-corrected chi connectivity index (χ3v) is 2.51. The van der Waals surface area contributed by atoms with Gasteiger partial charge >= 0.3 is 12.1 Å². The van der Waals surface area contributed by atoms with E-state index in [1.807, 2.05) is 0 Å². The molecule has 1 aromatic carbocycles. The monoisotopic (exact) mass is 286 g/mol. The van der Waals surface area contributed by atoms with Crippen molar-refractivity contribution in [2.24, 2.45) is 0 Å². The number of carbonyl (C=O) groups is 1. The van der Waals surface area contributed by atoms with Crippen LogP contribution in [-0.4, -0.2) is 16.2 Å². The summed E-state index contributed by atoms with van der Waals surface area (Å²) in [6.45, 7) is 0.143. The van der Waals surface area contributed by atoms with Crippen LogP contribution in [0.2, 0.25) is 0 Å². The number of hydrogen-bond acceptors (Lipinski definition) is 4. The molecule has 0 bridgehead atoms. The predicted molar refractivity (Wildman–Crippen MR) is 62.2 cm³/mol. The predicted octanol–water partition coefficient (Wildman–Crippen LogP) is 3.00. The normalized spacial score (nSPS) is 11.3. The number of alkyl halides is 3. The number of benzene rings is 1. The number of nitrogens with zero attached hydrogens (tertiary/aromatic N) is 1. The molecule has 0 unspecified atom stereocenters. The molecule has 0 aliphatic carbocycles. The molecule has 5 nitrogen and oxygen atoms in total. The molecule has 0 amide bonds. The largest absolute Gasteiger partial charge is 0.478 e. The minimum Gasteiger partial charge on any atom is -0.478 e. The van der Waals surface area contributed by atoms with Gasteiger partial charge < -0.3 is 14.9 Å². The molecule has 0 fully saturated rings. The van der Waals surface area contributed by atoms with E-state index >= 15 is 0 Å². The summed E-state index contributed by atoms with van der Waals surface area (Å²) in [6.07, 6.45) is -3.33. The Morgan fingerprint density at radius 2 is 2.10 bits per heavy atom. The topological polar surface area (TPSA) is 75.4 Å².